The molecular formula is C23H30NP. The second kappa shape index (κ2) is 11.6. The molecule has 0 fully saturated rings. The van der Waals surface area contributed by atoms with Crippen LogP contribution in [0.15, 0.2) is 75.9 Å². The van der Waals surface area contributed by atoms with Gasteiger partial charge in [-0.3, -0.25) is 4.98 Å². The topological polar surface area (TPSA) is 12.9 Å². The molecule has 132 valence electrons. The number of allylic oxidation sites excluding steroid dienone is 6. The molecule has 0 bridgehead atoms. The van der Waals surface area contributed by atoms with E-state index in [1.807, 2.05) is 36.5 Å². The summed E-state index contributed by atoms with van der Waals surface area (Å²) in [5.41, 5.74) is 6.21. The molecule has 0 aliphatic rings. The summed E-state index contributed by atoms with van der Waals surface area (Å²) in [5, 5.41) is 0. The Labute approximate surface area is 155 Å². The van der Waals surface area contributed by atoms with Crippen LogP contribution in [0.2, 0.25) is 0 Å². The number of rotatable bonds is 13. The average Bonchev–Trinajstić information content (AvgIpc) is 2.60. The van der Waals surface area contributed by atoms with Gasteiger partial charge in [-0.05, 0) is 56.2 Å². The van der Waals surface area contributed by atoms with E-state index < -0.39 is 7.92 Å². The Bertz CT molecular complexity index is 645. The molecule has 2 heteroatoms. The van der Waals surface area contributed by atoms with Gasteiger partial charge < -0.3 is 0 Å². The van der Waals surface area contributed by atoms with Gasteiger partial charge in [0.15, 0.2) is 0 Å². The van der Waals surface area contributed by atoms with Gasteiger partial charge in [0, 0.05) is 12.1 Å². The van der Waals surface area contributed by atoms with Gasteiger partial charge in [0.1, 0.15) is 0 Å². The fraction of sp³-hybridized carbons (Fsp3) is 0.261. The van der Waals surface area contributed by atoms with Crippen LogP contribution in [0, 0.1) is 0 Å². The molecular weight excluding hydrogens is 321 g/mol. The van der Waals surface area contributed by atoms with Crippen molar-refractivity contribution < 1.29 is 0 Å². The Hall–Kier alpha value is -1.98. The normalized spacial score (nSPS) is 10.3. The molecule has 0 saturated carbocycles. The van der Waals surface area contributed by atoms with Crippen molar-refractivity contribution in [2.45, 2.75) is 25.7 Å². The third kappa shape index (κ3) is 5.51. The fourth-order valence-corrected chi connectivity index (χ4v) is 5.00. The Morgan fingerprint density at radius 2 is 1.08 bits per heavy atom. The van der Waals surface area contributed by atoms with E-state index in [4.69, 9.17) is 4.98 Å². The number of hydrogen-bond acceptors (Lipinski definition) is 1. The number of nitrogens with zero attached hydrogens (tertiary/aromatic N) is 1. The van der Waals surface area contributed by atoms with Crippen LogP contribution in [0.3, 0.4) is 0 Å². The third-order valence-corrected chi connectivity index (χ3v) is 6.34. The highest BCUT2D eigenvalue weighted by molar-refractivity contribution is 7.65. The summed E-state index contributed by atoms with van der Waals surface area (Å²) in [6.07, 6.45) is 16.9. The van der Waals surface area contributed by atoms with Crippen molar-refractivity contribution in [3.8, 4) is 0 Å². The average molecular weight is 351 g/mol. The molecule has 1 heterocycles. The van der Waals surface area contributed by atoms with Crippen molar-refractivity contribution in [1.82, 2.24) is 4.98 Å². The van der Waals surface area contributed by atoms with Gasteiger partial charge in [0.05, 0.1) is 5.44 Å². The quantitative estimate of drug-likeness (QED) is 0.339. The number of aromatic nitrogens is 1. The van der Waals surface area contributed by atoms with Crippen LogP contribution in [0.1, 0.15) is 22.4 Å². The molecule has 0 aromatic carbocycles. The van der Waals surface area contributed by atoms with Crippen molar-refractivity contribution in [1.29, 1.82) is 0 Å². The lowest BCUT2D eigenvalue weighted by molar-refractivity contribution is 0.989. The monoisotopic (exact) mass is 351 g/mol. The standard InChI is InChI=1S/C23H30NP/c1-7-13-19-20(14-8-2)22(16-10-4)24-23(21(19)15-9-3)25(17-11-5)18-12-6/h7-12H,1-6,13-18H2. The maximum atomic E-state index is 5.11. The van der Waals surface area contributed by atoms with Crippen LogP contribution >= 0.6 is 7.92 Å². The highest BCUT2D eigenvalue weighted by Gasteiger charge is 2.21. The van der Waals surface area contributed by atoms with E-state index in [-0.39, 0.29) is 0 Å². The van der Waals surface area contributed by atoms with E-state index in [1.54, 1.807) is 0 Å². The van der Waals surface area contributed by atoms with Gasteiger partial charge in [-0.15, -0.1) is 39.5 Å². The molecule has 25 heavy (non-hydrogen) atoms. The first-order valence-electron chi connectivity index (χ1n) is 8.62. The van der Waals surface area contributed by atoms with E-state index in [2.05, 4.69) is 39.5 Å². The Morgan fingerprint density at radius 1 is 0.600 bits per heavy atom. The molecule has 1 aromatic rings. The van der Waals surface area contributed by atoms with Crippen molar-refractivity contribution in [2.75, 3.05) is 12.3 Å². The second-order valence-electron chi connectivity index (χ2n) is 5.77. The number of pyridine rings is 1. The van der Waals surface area contributed by atoms with Crippen molar-refractivity contribution in [2.24, 2.45) is 0 Å². The zero-order valence-corrected chi connectivity index (χ0v) is 16.2. The zero-order valence-electron chi connectivity index (χ0n) is 15.3. The lowest BCUT2D eigenvalue weighted by Gasteiger charge is -2.24. The van der Waals surface area contributed by atoms with E-state index in [0.717, 1.165) is 43.7 Å². The molecule has 0 aliphatic heterocycles. The van der Waals surface area contributed by atoms with Crippen LogP contribution < -0.4 is 5.44 Å². The van der Waals surface area contributed by atoms with Crippen molar-refractivity contribution >= 4 is 13.4 Å². The van der Waals surface area contributed by atoms with Gasteiger partial charge in [-0.25, -0.2) is 0 Å². The first-order chi connectivity index (χ1) is 12.2. The lowest BCUT2D eigenvalue weighted by Crippen LogP contribution is -2.22. The molecule has 0 amide bonds. The summed E-state index contributed by atoms with van der Waals surface area (Å²) in [6.45, 7) is 23.6. The van der Waals surface area contributed by atoms with E-state index in [0.29, 0.717) is 0 Å². The maximum Gasteiger partial charge on any atom is 0.0678 e. The predicted molar refractivity (Wildman–Crippen MR) is 117 cm³/mol. The van der Waals surface area contributed by atoms with E-state index >= 15 is 0 Å². The molecule has 0 atom stereocenters. The van der Waals surface area contributed by atoms with Crippen LogP contribution in [0.25, 0.3) is 0 Å². The van der Waals surface area contributed by atoms with Gasteiger partial charge in [0.2, 0.25) is 0 Å². The van der Waals surface area contributed by atoms with E-state index in [1.165, 1.54) is 22.1 Å². The first-order valence-corrected chi connectivity index (χ1v) is 10.3. The van der Waals surface area contributed by atoms with Gasteiger partial charge in [0.25, 0.3) is 0 Å². The molecule has 0 radical (unpaired) electrons. The van der Waals surface area contributed by atoms with Crippen molar-refractivity contribution in [3.63, 3.8) is 0 Å². The maximum absolute atomic E-state index is 5.11. The summed E-state index contributed by atoms with van der Waals surface area (Å²) >= 11 is 0. The van der Waals surface area contributed by atoms with Gasteiger partial charge in [-0.2, -0.15) is 0 Å². The summed E-state index contributed by atoms with van der Waals surface area (Å²) < 4.78 is 0. The smallest absolute Gasteiger partial charge is 0.0678 e. The Balaban J connectivity index is 3.76. The molecule has 0 aliphatic carbocycles. The molecule has 0 N–H and O–H groups in total. The molecule has 0 unspecified atom stereocenters. The SMILES string of the molecule is C=CCc1nc(P(CC=C)CC=C)c(CC=C)c(CC=C)c1CC=C. The largest absolute Gasteiger partial charge is 0.252 e. The van der Waals surface area contributed by atoms with Gasteiger partial charge in [-0.1, -0.05) is 36.5 Å². The summed E-state index contributed by atoms with van der Waals surface area (Å²) in [7, 11) is -0.453. The van der Waals surface area contributed by atoms with Crippen LogP contribution in [0.5, 0.6) is 0 Å². The third-order valence-electron chi connectivity index (χ3n) is 3.97. The highest BCUT2D eigenvalue weighted by Crippen LogP contribution is 2.37. The second-order valence-corrected chi connectivity index (χ2v) is 8.00. The molecule has 1 rings (SSSR count). The molecule has 0 spiro atoms. The fourth-order valence-electron chi connectivity index (χ4n) is 3.02. The van der Waals surface area contributed by atoms with Gasteiger partial charge >= 0.3 is 0 Å². The minimum atomic E-state index is -0.453. The lowest BCUT2D eigenvalue weighted by atomic mass is 9.93. The summed E-state index contributed by atoms with van der Waals surface area (Å²) in [4.78, 5) is 5.11. The predicted octanol–water partition coefficient (Wildman–Crippen LogP) is 5.47. The highest BCUT2D eigenvalue weighted by atomic mass is 31.1. The summed E-state index contributed by atoms with van der Waals surface area (Å²) in [5.74, 6) is 0. The molecule has 1 aromatic heterocycles. The van der Waals surface area contributed by atoms with E-state index in [9.17, 15) is 0 Å². The van der Waals surface area contributed by atoms with Crippen LogP contribution in [0.4, 0.5) is 0 Å². The van der Waals surface area contributed by atoms with Crippen LogP contribution in [-0.4, -0.2) is 17.3 Å². The zero-order chi connectivity index (χ0) is 18.7. The Morgan fingerprint density at radius 3 is 1.56 bits per heavy atom. The molecule has 0 saturated heterocycles. The minimum absolute atomic E-state index is 0.453. The van der Waals surface area contributed by atoms with Crippen molar-refractivity contribution in [3.05, 3.63) is 98.3 Å². The molecule has 1 nitrogen and oxygen atoms in total. The Kier molecular flexibility index (Phi) is 9.73. The minimum Gasteiger partial charge on any atom is -0.252 e. The first kappa shape index (κ1) is 21.1. The number of hydrogen-bond donors (Lipinski definition) is 0. The van der Waals surface area contributed by atoms with Crippen LogP contribution in [-0.2, 0) is 25.7 Å². The summed E-state index contributed by atoms with van der Waals surface area (Å²) in [6, 6.07) is 0.